The van der Waals surface area contributed by atoms with Crippen LogP contribution in [0.3, 0.4) is 0 Å². The maximum absolute atomic E-state index is 13.1. The normalized spacial score (nSPS) is 17.6. The number of carbonyl (C=O) groups is 4. The molecule has 33 heavy (non-hydrogen) atoms. The van der Waals surface area contributed by atoms with Gasteiger partial charge in [0.15, 0.2) is 5.78 Å². The molecular formula is C24H29N3O5S. The van der Waals surface area contributed by atoms with Gasteiger partial charge < -0.3 is 15.4 Å². The lowest BCUT2D eigenvalue weighted by atomic mass is 9.87. The van der Waals surface area contributed by atoms with E-state index in [1.807, 2.05) is 49.6 Å². The molecule has 0 aliphatic carbocycles. The average molecular weight is 472 g/mol. The maximum atomic E-state index is 13.1. The smallest absolute Gasteiger partial charge is 0.408 e. The van der Waals surface area contributed by atoms with Gasteiger partial charge in [-0.05, 0) is 24.3 Å². The van der Waals surface area contributed by atoms with Gasteiger partial charge in [-0.3, -0.25) is 14.4 Å². The molecule has 2 unspecified atom stereocenters. The van der Waals surface area contributed by atoms with Gasteiger partial charge in [0.2, 0.25) is 5.78 Å². The first kappa shape index (κ1) is 24.6. The summed E-state index contributed by atoms with van der Waals surface area (Å²) in [4.78, 5) is 55.0. The van der Waals surface area contributed by atoms with Crippen LogP contribution in [0.15, 0.2) is 35.7 Å². The highest BCUT2D eigenvalue weighted by molar-refractivity contribution is 7.09. The van der Waals surface area contributed by atoms with Gasteiger partial charge in [-0.25, -0.2) is 9.78 Å². The highest BCUT2D eigenvalue weighted by Gasteiger charge is 2.32. The molecule has 0 radical (unpaired) electrons. The Morgan fingerprint density at radius 3 is 2.70 bits per heavy atom. The van der Waals surface area contributed by atoms with E-state index in [9.17, 15) is 19.2 Å². The Hall–Kier alpha value is -3.07. The Morgan fingerprint density at radius 2 is 1.97 bits per heavy atom. The van der Waals surface area contributed by atoms with Crippen molar-refractivity contribution in [3.05, 3.63) is 52.0 Å². The van der Waals surface area contributed by atoms with E-state index in [1.165, 1.54) is 11.3 Å². The zero-order chi connectivity index (χ0) is 23.8. The van der Waals surface area contributed by atoms with E-state index >= 15 is 0 Å². The first-order valence-corrected chi connectivity index (χ1v) is 12.0. The van der Waals surface area contributed by atoms with E-state index in [2.05, 4.69) is 15.6 Å². The summed E-state index contributed by atoms with van der Waals surface area (Å²) in [7, 11) is 0. The second kappa shape index (κ2) is 11.7. The number of nitrogens with one attached hydrogen (secondary N) is 2. The Bertz CT molecular complexity index is 989. The van der Waals surface area contributed by atoms with Crippen molar-refractivity contribution in [2.75, 3.05) is 6.54 Å². The molecule has 2 aromatic rings. The largest absolute Gasteiger partial charge is 0.445 e. The predicted molar refractivity (Wildman–Crippen MR) is 124 cm³/mol. The second-order valence-corrected chi connectivity index (χ2v) is 9.38. The highest BCUT2D eigenvalue weighted by Crippen LogP contribution is 2.20. The van der Waals surface area contributed by atoms with E-state index in [0.29, 0.717) is 25.8 Å². The molecule has 1 aromatic carbocycles. The number of Topliss-reactive ketones (excluding diaryl/α,β-unsaturated/α-hetero) is 2. The molecule has 2 N–H and O–H groups in total. The molecule has 0 saturated carbocycles. The Morgan fingerprint density at radius 1 is 1.21 bits per heavy atom. The van der Waals surface area contributed by atoms with Crippen LogP contribution in [0.5, 0.6) is 0 Å². The minimum atomic E-state index is -0.826. The Balaban J connectivity index is 1.63. The molecule has 8 nitrogen and oxygen atoms in total. The van der Waals surface area contributed by atoms with Crippen LogP contribution in [0.4, 0.5) is 4.79 Å². The van der Waals surface area contributed by atoms with Crippen molar-refractivity contribution in [1.29, 1.82) is 0 Å². The average Bonchev–Trinajstić information content (AvgIpc) is 3.25. The fourth-order valence-electron chi connectivity index (χ4n) is 3.66. The quantitative estimate of drug-likeness (QED) is 0.600. The number of fused-ring (bicyclic) bond motifs is 2. The summed E-state index contributed by atoms with van der Waals surface area (Å²) in [6.45, 7) is 4.02. The lowest BCUT2D eigenvalue weighted by molar-refractivity contribution is -0.141. The number of ether oxygens (including phenoxy) is 1. The van der Waals surface area contributed by atoms with Crippen molar-refractivity contribution in [2.45, 2.75) is 52.2 Å². The summed E-state index contributed by atoms with van der Waals surface area (Å²) in [6.07, 6.45) is 0.576. The third-order valence-electron chi connectivity index (χ3n) is 5.51. The fraction of sp³-hybridized carbons (Fsp3) is 0.458. The van der Waals surface area contributed by atoms with Crippen LogP contribution in [0.25, 0.3) is 0 Å². The molecule has 2 bridgehead atoms. The molecule has 2 heterocycles. The Kier molecular flexibility index (Phi) is 8.71. The van der Waals surface area contributed by atoms with E-state index in [0.717, 1.165) is 16.3 Å². The predicted octanol–water partition coefficient (Wildman–Crippen LogP) is 2.84. The van der Waals surface area contributed by atoms with Crippen LogP contribution in [0.2, 0.25) is 0 Å². The van der Waals surface area contributed by atoms with Crippen molar-refractivity contribution in [2.24, 2.45) is 11.8 Å². The minimum absolute atomic E-state index is 0.0859. The third kappa shape index (κ3) is 7.21. The molecule has 1 aliphatic rings. The molecule has 3 rings (SSSR count). The summed E-state index contributed by atoms with van der Waals surface area (Å²) in [6, 6.07) is 8.40. The first-order chi connectivity index (χ1) is 15.8. The van der Waals surface area contributed by atoms with Crippen molar-refractivity contribution in [1.82, 2.24) is 15.6 Å². The van der Waals surface area contributed by atoms with Gasteiger partial charge in [0.1, 0.15) is 6.61 Å². The van der Waals surface area contributed by atoms with Crippen LogP contribution in [0, 0.1) is 11.8 Å². The van der Waals surface area contributed by atoms with Crippen LogP contribution < -0.4 is 10.6 Å². The van der Waals surface area contributed by atoms with Gasteiger partial charge in [-0.1, -0.05) is 44.2 Å². The third-order valence-corrected chi connectivity index (χ3v) is 6.47. The fourth-order valence-corrected chi connectivity index (χ4v) is 4.50. The first-order valence-electron chi connectivity index (χ1n) is 11.1. The van der Waals surface area contributed by atoms with E-state index in [4.69, 9.17) is 4.74 Å². The van der Waals surface area contributed by atoms with Gasteiger partial charge in [-0.15, -0.1) is 11.3 Å². The van der Waals surface area contributed by atoms with Crippen molar-refractivity contribution < 1.29 is 23.9 Å². The van der Waals surface area contributed by atoms with Crippen LogP contribution in [0.1, 0.15) is 43.0 Å². The summed E-state index contributed by atoms with van der Waals surface area (Å²) in [5.41, 5.74) is 1.69. The number of alkyl carbamates (subject to hydrolysis) is 1. The summed E-state index contributed by atoms with van der Waals surface area (Å²) >= 11 is 1.52. The zero-order valence-corrected chi connectivity index (χ0v) is 19.7. The molecule has 0 saturated heterocycles. The number of hydrogen-bond acceptors (Lipinski definition) is 7. The number of amides is 2. The van der Waals surface area contributed by atoms with Gasteiger partial charge in [0.25, 0.3) is 5.91 Å². The number of carbonyl (C=O) groups excluding carboxylic acids is 4. The summed E-state index contributed by atoms with van der Waals surface area (Å²) in [5.74, 6) is -2.57. The summed E-state index contributed by atoms with van der Waals surface area (Å²) in [5, 5.41) is 8.11. The number of benzene rings is 1. The molecular weight excluding hydrogens is 442 g/mol. The lowest BCUT2D eigenvalue weighted by Crippen LogP contribution is -2.46. The number of nitrogens with zero attached hydrogens (tertiary/aromatic N) is 1. The van der Waals surface area contributed by atoms with Crippen molar-refractivity contribution in [3.63, 3.8) is 0 Å². The molecule has 2 atom stereocenters. The number of ketones is 2. The molecule has 1 aliphatic heterocycles. The number of aryl methyl sites for hydroxylation is 1. The van der Waals surface area contributed by atoms with Crippen molar-refractivity contribution >= 4 is 34.9 Å². The second-order valence-electron chi connectivity index (χ2n) is 8.44. The van der Waals surface area contributed by atoms with Crippen molar-refractivity contribution in [3.8, 4) is 0 Å². The topological polar surface area (TPSA) is 114 Å². The summed E-state index contributed by atoms with van der Waals surface area (Å²) < 4.78 is 5.24. The molecule has 176 valence electrons. The molecule has 1 aromatic heterocycles. The zero-order valence-electron chi connectivity index (χ0n) is 18.8. The van der Waals surface area contributed by atoms with Gasteiger partial charge in [0, 0.05) is 30.7 Å². The number of rotatable bonds is 7. The van der Waals surface area contributed by atoms with Gasteiger partial charge in [0.05, 0.1) is 16.7 Å². The van der Waals surface area contributed by atoms with Crippen LogP contribution in [-0.4, -0.2) is 41.1 Å². The van der Waals surface area contributed by atoms with E-state index < -0.39 is 29.7 Å². The number of aromatic nitrogens is 1. The molecule has 2 amide bonds. The molecule has 9 heteroatoms. The van der Waals surface area contributed by atoms with E-state index in [1.54, 1.807) is 0 Å². The standard InChI is InChI=1S/C24H29N3O5S/c1-15(2)21(27-24(31)32-13-16-6-4-3-5-7-16)19(28)12-17-8-9-18-14-33-20(26-18)10-11-25-23(30)22(17)29/h3-7,14-15,17,21H,8-13H2,1-2H3,(H,25,30)(H,27,31). The minimum Gasteiger partial charge on any atom is -0.445 e. The van der Waals surface area contributed by atoms with Gasteiger partial charge >= 0.3 is 6.09 Å². The molecule has 0 fully saturated rings. The number of thiazole rings is 1. The monoisotopic (exact) mass is 471 g/mol. The molecule has 0 spiro atoms. The maximum Gasteiger partial charge on any atom is 0.408 e. The SMILES string of the molecule is CC(C)C(NC(=O)OCc1ccccc1)C(=O)CC1CCc2csc(n2)CCNC(=O)C1=O. The highest BCUT2D eigenvalue weighted by atomic mass is 32.1. The van der Waals surface area contributed by atoms with E-state index in [-0.39, 0.29) is 24.7 Å². The van der Waals surface area contributed by atoms with Crippen LogP contribution >= 0.6 is 11.3 Å². The Labute approximate surface area is 197 Å². The number of hydrogen-bond donors (Lipinski definition) is 2. The lowest BCUT2D eigenvalue weighted by Gasteiger charge is -2.23. The van der Waals surface area contributed by atoms with Crippen LogP contribution in [-0.2, 0) is 38.6 Å². The van der Waals surface area contributed by atoms with Gasteiger partial charge in [-0.2, -0.15) is 0 Å².